The van der Waals surface area contributed by atoms with E-state index in [-0.39, 0.29) is 24.4 Å². The Balaban J connectivity index is 2.07. The summed E-state index contributed by atoms with van der Waals surface area (Å²) in [5, 5.41) is 6.18. The van der Waals surface area contributed by atoms with E-state index < -0.39 is 0 Å². The number of carbonyl (C=O) groups excluding carboxylic acids is 2. The Bertz CT molecular complexity index is 639. The van der Waals surface area contributed by atoms with Crippen molar-refractivity contribution in [2.24, 2.45) is 0 Å². The normalized spacial score (nSPS) is 10.5. The Morgan fingerprint density at radius 2 is 1.95 bits per heavy atom. The smallest absolute Gasteiger partial charge is 0.254 e. The van der Waals surface area contributed by atoms with Crippen molar-refractivity contribution < 1.29 is 14.1 Å². The maximum atomic E-state index is 12.5. The van der Waals surface area contributed by atoms with Gasteiger partial charge < -0.3 is 14.7 Å². The van der Waals surface area contributed by atoms with Gasteiger partial charge >= 0.3 is 0 Å². The summed E-state index contributed by atoms with van der Waals surface area (Å²) in [6.45, 7) is 3.67. The van der Waals surface area contributed by atoms with Gasteiger partial charge in [0.15, 0.2) is 5.82 Å². The number of rotatable bonds is 5. The fourth-order valence-corrected chi connectivity index (χ4v) is 2.13. The van der Waals surface area contributed by atoms with Crippen LogP contribution in [-0.2, 0) is 4.79 Å². The van der Waals surface area contributed by atoms with Crippen LogP contribution in [0.2, 0.25) is 0 Å². The highest BCUT2D eigenvalue weighted by Crippen LogP contribution is 2.14. The second-order valence-corrected chi connectivity index (χ2v) is 5.88. The molecule has 0 spiro atoms. The molecule has 0 aliphatic carbocycles. The molecule has 0 fully saturated rings. The van der Waals surface area contributed by atoms with Crippen molar-refractivity contribution in [1.82, 2.24) is 10.1 Å². The van der Waals surface area contributed by atoms with Crippen molar-refractivity contribution in [2.45, 2.75) is 19.9 Å². The number of hydrogen-bond acceptors (Lipinski definition) is 4. The number of amides is 2. The third kappa shape index (κ3) is 4.17. The van der Waals surface area contributed by atoms with Crippen molar-refractivity contribution in [2.75, 3.05) is 11.9 Å². The highest BCUT2D eigenvalue weighted by atomic mass is 79.9. The molecule has 1 heterocycles. The topological polar surface area (TPSA) is 75.4 Å². The van der Waals surface area contributed by atoms with Crippen LogP contribution in [0, 0.1) is 0 Å². The zero-order valence-corrected chi connectivity index (χ0v) is 13.8. The van der Waals surface area contributed by atoms with Gasteiger partial charge in [-0.05, 0) is 38.1 Å². The van der Waals surface area contributed by atoms with Crippen molar-refractivity contribution in [3.05, 3.63) is 46.6 Å². The SMILES string of the molecule is CC(C)N(CC(=O)Nc1ccon1)C(=O)c1ccc(Br)cc1. The van der Waals surface area contributed by atoms with E-state index >= 15 is 0 Å². The summed E-state index contributed by atoms with van der Waals surface area (Å²) in [5.74, 6) is -0.198. The molecule has 0 saturated heterocycles. The maximum Gasteiger partial charge on any atom is 0.254 e. The summed E-state index contributed by atoms with van der Waals surface area (Å²) >= 11 is 3.33. The number of halogens is 1. The lowest BCUT2D eigenvalue weighted by Crippen LogP contribution is -2.42. The first-order chi connectivity index (χ1) is 10.5. The van der Waals surface area contributed by atoms with Crippen molar-refractivity contribution >= 4 is 33.6 Å². The van der Waals surface area contributed by atoms with Crippen LogP contribution in [0.25, 0.3) is 0 Å². The summed E-state index contributed by atoms with van der Waals surface area (Å²) < 4.78 is 5.54. The zero-order valence-electron chi connectivity index (χ0n) is 12.2. The van der Waals surface area contributed by atoms with Gasteiger partial charge in [0.2, 0.25) is 5.91 Å². The van der Waals surface area contributed by atoms with Crippen LogP contribution in [0.3, 0.4) is 0 Å². The summed E-state index contributed by atoms with van der Waals surface area (Å²) in [6.07, 6.45) is 1.36. The number of hydrogen-bond donors (Lipinski definition) is 1. The van der Waals surface area contributed by atoms with Crippen LogP contribution in [0.5, 0.6) is 0 Å². The molecular weight excluding hydrogens is 350 g/mol. The Kier molecular flexibility index (Phi) is 5.32. The lowest BCUT2D eigenvalue weighted by Gasteiger charge is -2.26. The number of anilines is 1. The molecule has 1 aromatic heterocycles. The van der Waals surface area contributed by atoms with Crippen molar-refractivity contribution in [1.29, 1.82) is 0 Å². The molecule has 0 unspecified atom stereocenters. The van der Waals surface area contributed by atoms with Gasteiger partial charge in [0.1, 0.15) is 12.8 Å². The standard InChI is InChI=1S/C15H16BrN3O3/c1-10(2)19(9-14(20)17-13-7-8-22-18-13)15(21)11-3-5-12(16)6-4-11/h3-8,10H,9H2,1-2H3,(H,17,18,20). The van der Waals surface area contributed by atoms with Crippen molar-refractivity contribution in [3.63, 3.8) is 0 Å². The lowest BCUT2D eigenvalue weighted by molar-refractivity contribution is -0.117. The average molecular weight is 366 g/mol. The van der Waals surface area contributed by atoms with Crippen LogP contribution < -0.4 is 5.32 Å². The molecule has 2 rings (SSSR count). The first kappa shape index (κ1) is 16.2. The molecule has 0 atom stereocenters. The molecule has 0 bridgehead atoms. The van der Waals surface area contributed by atoms with E-state index in [4.69, 9.17) is 0 Å². The Morgan fingerprint density at radius 3 is 2.50 bits per heavy atom. The summed E-state index contributed by atoms with van der Waals surface area (Å²) in [7, 11) is 0. The predicted molar refractivity (Wildman–Crippen MR) is 85.4 cm³/mol. The molecule has 0 radical (unpaired) electrons. The molecule has 116 valence electrons. The summed E-state index contributed by atoms with van der Waals surface area (Å²) in [4.78, 5) is 26.1. The quantitative estimate of drug-likeness (QED) is 0.883. The minimum Gasteiger partial charge on any atom is -0.363 e. The van der Waals surface area contributed by atoms with E-state index in [1.165, 1.54) is 17.2 Å². The first-order valence-electron chi connectivity index (χ1n) is 6.74. The van der Waals surface area contributed by atoms with E-state index in [0.717, 1.165) is 4.47 Å². The van der Waals surface area contributed by atoms with Gasteiger partial charge in [0.25, 0.3) is 5.91 Å². The fraction of sp³-hybridized carbons (Fsp3) is 0.267. The van der Waals surface area contributed by atoms with Crippen molar-refractivity contribution in [3.8, 4) is 0 Å². The van der Waals surface area contributed by atoms with Crippen LogP contribution in [-0.4, -0.2) is 34.5 Å². The number of aromatic nitrogens is 1. The van der Waals surface area contributed by atoms with E-state index in [1.54, 1.807) is 24.3 Å². The largest absolute Gasteiger partial charge is 0.363 e. The van der Waals surface area contributed by atoms with Gasteiger partial charge in [-0.1, -0.05) is 21.1 Å². The van der Waals surface area contributed by atoms with Gasteiger partial charge in [0.05, 0.1) is 0 Å². The summed E-state index contributed by atoms with van der Waals surface area (Å²) in [5.41, 5.74) is 0.533. The molecule has 0 saturated carbocycles. The minimum atomic E-state index is -0.326. The highest BCUT2D eigenvalue weighted by Gasteiger charge is 2.21. The van der Waals surface area contributed by atoms with Crippen LogP contribution in [0.15, 0.2) is 45.6 Å². The molecule has 22 heavy (non-hydrogen) atoms. The third-order valence-electron chi connectivity index (χ3n) is 2.99. The second kappa shape index (κ2) is 7.22. The Hall–Kier alpha value is -2.15. The lowest BCUT2D eigenvalue weighted by atomic mass is 10.1. The van der Waals surface area contributed by atoms with Gasteiger partial charge in [-0.15, -0.1) is 0 Å². The zero-order chi connectivity index (χ0) is 16.1. The number of nitrogens with one attached hydrogen (secondary N) is 1. The molecule has 1 aromatic carbocycles. The van der Waals surface area contributed by atoms with E-state index in [2.05, 4.69) is 30.9 Å². The van der Waals surface area contributed by atoms with Gasteiger partial charge in [0, 0.05) is 22.1 Å². The number of benzene rings is 1. The average Bonchev–Trinajstić information content (AvgIpc) is 2.97. The molecular formula is C15H16BrN3O3. The third-order valence-corrected chi connectivity index (χ3v) is 3.52. The number of carbonyl (C=O) groups is 2. The van der Waals surface area contributed by atoms with E-state index in [1.807, 2.05) is 13.8 Å². The molecule has 0 aliphatic rings. The van der Waals surface area contributed by atoms with Crippen LogP contribution in [0.1, 0.15) is 24.2 Å². The predicted octanol–water partition coefficient (Wildman–Crippen LogP) is 2.93. The Morgan fingerprint density at radius 1 is 1.27 bits per heavy atom. The van der Waals surface area contributed by atoms with Gasteiger partial charge in [-0.25, -0.2) is 0 Å². The summed E-state index contributed by atoms with van der Waals surface area (Å²) in [6, 6.07) is 8.45. The molecule has 0 aliphatic heterocycles. The Labute approximate surface area is 136 Å². The van der Waals surface area contributed by atoms with Gasteiger partial charge in [-0.3, -0.25) is 9.59 Å². The van der Waals surface area contributed by atoms with E-state index in [0.29, 0.717) is 11.4 Å². The maximum absolute atomic E-state index is 12.5. The highest BCUT2D eigenvalue weighted by molar-refractivity contribution is 9.10. The molecule has 6 nitrogen and oxygen atoms in total. The molecule has 2 aromatic rings. The fourth-order valence-electron chi connectivity index (χ4n) is 1.86. The van der Waals surface area contributed by atoms with Crippen LogP contribution in [0.4, 0.5) is 5.82 Å². The van der Waals surface area contributed by atoms with E-state index in [9.17, 15) is 9.59 Å². The number of nitrogens with zero attached hydrogens (tertiary/aromatic N) is 2. The van der Waals surface area contributed by atoms with Crippen LogP contribution >= 0.6 is 15.9 Å². The molecule has 2 amide bonds. The van der Waals surface area contributed by atoms with Gasteiger partial charge in [-0.2, -0.15) is 0 Å². The second-order valence-electron chi connectivity index (χ2n) is 4.97. The molecule has 7 heteroatoms. The monoisotopic (exact) mass is 365 g/mol. The minimum absolute atomic E-state index is 0.0561. The molecule has 1 N–H and O–H groups in total. The first-order valence-corrected chi connectivity index (χ1v) is 7.53.